The van der Waals surface area contributed by atoms with Crippen molar-refractivity contribution in [1.82, 2.24) is 8.97 Å². The summed E-state index contributed by atoms with van der Waals surface area (Å²) in [4.78, 5) is 2.19. The summed E-state index contributed by atoms with van der Waals surface area (Å²) < 4.78 is 4.78. The minimum atomic E-state index is 0.758. The van der Waals surface area contributed by atoms with Crippen LogP contribution < -0.4 is 4.90 Å². The molecule has 328 valence electrons. The maximum absolute atomic E-state index is 4.62. The Balaban J connectivity index is 0.934. The number of nitrogens with zero attached hydrogens (tertiary/aromatic N) is 3. The second kappa shape index (κ2) is 17.6. The lowest BCUT2D eigenvalue weighted by atomic mass is 10.0. The normalized spacial score (nSPS) is 11.9. The van der Waals surface area contributed by atoms with Crippen LogP contribution in [0.4, 0.5) is 11.4 Å². The minimum Gasteiger partial charge on any atom is -0.311 e. The van der Waals surface area contributed by atoms with E-state index < -0.39 is 0 Å². The maximum atomic E-state index is 4.62. The molecule has 0 spiro atoms. The van der Waals surface area contributed by atoms with Gasteiger partial charge in [0.05, 0.1) is 27.6 Å². The number of allylic oxidation sites excluding steroid dienone is 11. The molecule has 0 saturated heterocycles. The molecule has 3 aromatic heterocycles. The Bertz CT molecular complexity index is 3970. The summed E-state index contributed by atoms with van der Waals surface area (Å²) in [6.45, 7) is 25.2. The van der Waals surface area contributed by atoms with Crippen LogP contribution >= 0.6 is 0 Å². The van der Waals surface area contributed by atoms with Crippen molar-refractivity contribution in [2.75, 3.05) is 4.90 Å². The first-order valence-corrected chi connectivity index (χ1v) is 23.1. The molecule has 0 atom stereocenters. The molecule has 8 aromatic carbocycles. The number of fused-ring (bicyclic) bond motifs is 9. The van der Waals surface area contributed by atoms with Gasteiger partial charge in [0.15, 0.2) is 0 Å². The van der Waals surface area contributed by atoms with Crippen LogP contribution in [0, 0.1) is 0 Å². The molecule has 0 saturated carbocycles. The van der Waals surface area contributed by atoms with Gasteiger partial charge in [-0.1, -0.05) is 191 Å². The monoisotopic (exact) mass is 883 g/mol. The first-order valence-electron chi connectivity index (χ1n) is 23.1. The molecular formula is C66H49N3. The third-order valence-electron chi connectivity index (χ3n) is 13.3. The van der Waals surface area contributed by atoms with Gasteiger partial charge in [-0.3, -0.25) is 0 Å². The number of hydrogen-bond acceptors (Lipinski definition) is 1. The Morgan fingerprint density at radius 3 is 1.51 bits per heavy atom. The largest absolute Gasteiger partial charge is 0.311 e. The first-order chi connectivity index (χ1) is 33.8. The number of anilines is 2. The molecule has 0 amide bonds. The molecule has 0 aliphatic rings. The van der Waals surface area contributed by atoms with Gasteiger partial charge in [-0.15, -0.1) is 0 Å². The van der Waals surface area contributed by atoms with Crippen molar-refractivity contribution in [2.45, 2.75) is 0 Å². The lowest BCUT2D eigenvalue weighted by Crippen LogP contribution is -2.14. The highest BCUT2D eigenvalue weighted by atomic mass is 15.1. The molecular weight excluding hydrogens is 835 g/mol. The molecule has 3 nitrogen and oxygen atoms in total. The van der Waals surface area contributed by atoms with Gasteiger partial charge >= 0.3 is 0 Å². The number of rotatable bonds is 14. The van der Waals surface area contributed by atoms with E-state index in [1.165, 1.54) is 59.9 Å². The minimum absolute atomic E-state index is 0.758. The van der Waals surface area contributed by atoms with Crippen LogP contribution in [0.2, 0.25) is 0 Å². The van der Waals surface area contributed by atoms with E-state index in [9.17, 15) is 0 Å². The van der Waals surface area contributed by atoms with Crippen molar-refractivity contribution in [3.63, 3.8) is 0 Å². The van der Waals surface area contributed by atoms with E-state index in [2.05, 4.69) is 235 Å². The van der Waals surface area contributed by atoms with E-state index in [0.717, 1.165) is 67.3 Å². The highest BCUT2D eigenvalue weighted by Crippen LogP contribution is 2.41. The van der Waals surface area contributed by atoms with Gasteiger partial charge in [0, 0.05) is 55.1 Å². The maximum Gasteiger partial charge on any atom is 0.0620 e. The average Bonchev–Trinajstić information content (AvgIpc) is 4.04. The topological polar surface area (TPSA) is 12.6 Å². The molecule has 11 aromatic rings. The summed E-state index contributed by atoms with van der Waals surface area (Å²) in [5.41, 5.74) is 17.6. The molecule has 3 heteroatoms. The SMILES string of the molecule is C=C/C=C\C(=C)C(=C)/C=C\C(=C)C(=C)/C=C\C(=C)N(c1ccc(-c2ccc3c(c2)c2cccc4c5ccccc5n3c42)cc1)c1ccc(-c2ccc3c4ccccc4n(-c4ccccc4)c3c2)cc1. The fraction of sp³-hybridized carbons (Fsp3) is 0. The lowest BCUT2D eigenvalue weighted by Gasteiger charge is -2.26. The fourth-order valence-corrected chi connectivity index (χ4v) is 9.79. The van der Waals surface area contributed by atoms with Gasteiger partial charge in [-0.25, -0.2) is 0 Å². The van der Waals surface area contributed by atoms with Crippen LogP contribution in [-0.2, 0) is 0 Å². The van der Waals surface area contributed by atoms with Gasteiger partial charge in [0.2, 0.25) is 0 Å². The first kappa shape index (κ1) is 42.5. The highest BCUT2D eigenvalue weighted by molar-refractivity contribution is 6.23. The summed E-state index contributed by atoms with van der Waals surface area (Å²) in [7, 11) is 0. The van der Waals surface area contributed by atoms with Crippen LogP contribution in [0.1, 0.15) is 0 Å². The summed E-state index contributed by atoms with van der Waals surface area (Å²) >= 11 is 0. The second-order valence-corrected chi connectivity index (χ2v) is 17.5. The van der Waals surface area contributed by atoms with Crippen LogP contribution in [0.25, 0.3) is 87.8 Å². The Kier molecular flexibility index (Phi) is 10.8. The van der Waals surface area contributed by atoms with Crippen molar-refractivity contribution < 1.29 is 0 Å². The standard InChI is InChI=1S/C66H49N3/c1-7-8-17-44(2)45(3)26-27-46(4)47(5)28-29-48(6)67(55-38-32-50(33-39-55)52-34-40-58-56-20-12-14-24-62(56)68(65(58)43-52)53-18-10-9-11-19-53)54-36-30-49(31-37-54)51-35-41-64-61(42-51)60-23-16-22-59-57-21-13-15-25-63(57)69(64)66(59)60/h7-43H,1-6H2/b17-8-,27-26-,29-28-. The third kappa shape index (κ3) is 7.53. The summed E-state index contributed by atoms with van der Waals surface area (Å²) in [5.74, 6) is 0. The number of benzene rings is 8. The molecule has 11 rings (SSSR count). The van der Waals surface area contributed by atoms with Gasteiger partial charge < -0.3 is 13.9 Å². The highest BCUT2D eigenvalue weighted by Gasteiger charge is 2.19. The van der Waals surface area contributed by atoms with Crippen molar-refractivity contribution in [1.29, 1.82) is 0 Å². The fourth-order valence-electron chi connectivity index (χ4n) is 9.79. The predicted molar refractivity (Wildman–Crippen MR) is 298 cm³/mol. The van der Waals surface area contributed by atoms with Crippen LogP contribution in [0.3, 0.4) is 0 Å². The molecule has 3 heterocycles. The number of hydrogen-bond donors (Lipinski definition) is 0. The Hall–Kier alpha value is -9.18. The Morgan fingerprint density at radius 2 is 0.855 bits per heavy atom. The van der Waals surface area contributed by atoms with E-state index in [-0.39, 0.29) is 0 Å². The number of para-hydroxylation sites is 4. The summed E-state index contributed by atoms with van der Waals surface area (Å²) in [5, 5.41) is 7.55. The van der Waals surface area contributed by atoms with E-state index in [0.29, 0.717) is 0 Å². The summed E-state index contributed by atoms with van der Waals surface area (Å²) in [6.07, 6.45) is 13.2. The van der Waals surface area contributed by atoms with E-state index >= 15 is 0 Å². The van der Waals surface area contributed by atoms with Crippen LogP contribution in [0.15, 0.2) is 292 Å². The molecule has 0 fully saturated rings. The average molecular weight is 884 g/mol. The zero-order valence-corrected chi connectivity index (χ0v) is 38.4. The predicted octanol–water partition coefficient (Wildman–Crippen LogP) is 18.0. The molecule has 0 radical (unpaired) electrons. The Labute approximate surface area is 403 Å². The Morgan fingerprint density at radius 1 is 0.377 bits per heavy atom. The smallest absolute Gasteiger partial charge is 0.0620 e. The molecule has 0 aliphatic carbocycles. The van der Waals surface area contributed by atoms with Crippen molar-refractivity contribution in [3.8, 4) is 27.9 Å². The zero-order valence-electron chi connectivity index (χ0n) is 38.4. The van der Waals surface area contributed by atoms with Gasteiger partial charge in [0.1, 0.15) is 0 Å². The second-order valence-electron chi connectivity index (χ2n) is 17.5. The van der Waals surface area contributed by atoms with Gasteiger partial charge in [0.25, 0.3) is 0 Å². The molecule has 0 bridgehead atoms. The quantitative estimate of drug-likeness (QED) is 0.0992. The van der Waals surface area contributed by atoms with Crippen molar-refractivity contribution in [2.24, 2.45) is 0 Å². The van der Waals surface area contributed by atoms with E-state index in [1.807, 2.05) is 36.5 Å². The van der Waals surface area contributed by atoms with Crippen LogP contribution in [0.5, 0.6) is 0 Å². The van der Waals surface area contributed by atoms with Crippen molar-refractivity contribution >= 4 is 71.3 Å². The van der Waals surface area contributed by atoms with E-state index in [1.54, 1.807) is 6.08 Å². The zero-order chi connectivity index (χ0) is 47.2. The third-order valence-corrected chi connectivity index (χ3v) is 13.3. The molecule has 69 heavy (non-hydrogen) atoms. The number of aromatic nitrogens is 2. The summed E-state index contributed by atoms with van der Waals surface area (Å²) in [6, 6.07) is 65.8. The molecule has 0 unspecified atom stereocenters. The van der Waals surface area contributed by atoms with Crippen molar-refractivity contribution in [3.05, 3.63) is 292 Å². The van der Waals surface area contributed by atoms with Crippen LogP contribution in [-0.4, -0.2) is 8.97 Å². The molecule has 0 aliphatic heterocycles. The van der Waals surface area contributed by atoms with Gasteiger partial charge in [-0.05, 0) is 117 Å². The molecule has 0 N–H and O–H groups in total. The van der Waals surface area contributed by atoms with Gasteiger partial charge in [-0.2, -0.15) is 0 Å². The lowest BCUT2D eigenvalue weighted by molar-refractivity contribution is 1.18. The van der Waals surface area contributed by atoms with E-state index in [4.69, 9.17) is 0 Å².